The lowest BCUT2D eigenvalue weighted by Crippen LogP contribution is -2.48. The van der Waals surface area contributed by atoms with Gasteiger partial charge in [-0.05, 0) is 56.9 Å². The number of halogens is 1. The minimum atomic E-state index is -0.495. The minimum absolute atomic E-state index is 0.0843. The van der Waals surface area contributed by atoms with Gasteiger partial charge in [0.2, 0.25) is 5.91 Å². The van der Waals surface area contributed by atoms with Crippen LogP contribution < -0.4 is 0 Å². The molecule has 0 aliphatic carbocycles. The largest absolute Gasteiger partial charge is 0.464 e. The van der Waals surface area contributed by atoms with Crippen LogP contribution in [0.25, 0.3) is 11.3 Å². The lowest BCUT2D eigenvalue weighted by molar-refractivity contribution is -0.156. The number of esters is 1. The monoisotopic (exact) mass is 374 g/mol. The highest BCUT2D eigenvalue weighted by atomic mass is 19.1. The van der Waals surface area contributed by atoms with Gasteiger partial charge >= 0.3 is 5.97 Å². The quantitative estimate of drug-likeness (QED) is 0.725. The molecule has 0 bridgehead atoms. The van der Waals surface area contributed by atoms with Crippen molar-refractivity contribution in [3.8, 4) is 11.3 Å². The average molecular weight is 374 g/mol. The highest BCUT2D eigenvalue weighted by Gasteiger charge is 2.32. The van der Waals surface area contributed by atoms with Gasteiger partial charge in [0.25, 0.3) is 0 Å². The SMILES string of the molecule is CCOC(=O)C1CCCCN1C(=O)CCc1cnoc1-c1ccc(F)cc1. The van der Waals surface area contributed by atoms with Gasteiger partial charge < -0.3 is 14.2 Å². The van der Waals surface area contributed by atoms with Crippen LogP contribution in [0.5, 0.6) is 0 Å². The molecular weight excluding hydrogens is 351 g/mol. The van der Waals surface area contributed by atoms with Crippen molar-refractivity contribution in [2.75, 3.05) is 13.2 Å². The van der Waals surface area contributed by atoms with Crippen LogP contribution in [0.1, 0.15) is 38.2 Å². The summed E-state index contributed by atoms with van der Waals surface area (Å²) in [5.74, 6) is -0.213. The minimum Gasteiger partial charge on any atom is -0.464 e. The summed E-state index contributed by atoms with van der Waals surface area (Å²) in [5.41, 5.74) is 1.48. The Bertz CT molecular complexity index is 788. The van der Waals surface area contributed by atoms with E-state index in [0.717, 1.165) is 18.4 Å². The molecule has 27 heavy (non-hydrogen) atoms. The Kier molecular flexibility index (Phi) is 6.21. The van der Waals surface area contributed by atoms with E-state index in [-0.39, 0.29) is 24.1 Å². The molecule has 1 aliphatic rings. The zero-order valence-corrected chi connectivity index (χ0v) is 15.3. The van der Waals surface area contributed by atoms with Crippen LogP contribution in [0.4, 0.5) is 4.39 Å². The van der Waals surface area contributed by atoms with Crippen LogP contribution in [0.15, 0.2) is 35.0 Å². The molecule has 1 aromatic carbocycles. The van der Waals surface area contributed by atoms with Crippen molar-refractivity contribution in [1.29, 1.82) is 0 Å². The Balaban J connectivity index is 1.66. The molecule has 1 atom stereocenters. The van der Waals surface area contributed by atoms with E-state index in [9.17, 15) is 14.0 Å². The molecule has 6 nitrogen and oxygen atoms in total. The van der Waals surface area contributed by atoms with Gasteiger partial charge in [0.05, 0.1) is 12.8 Å². The third-order valence-electron chi connectivity index (χ3n) is 4.74. The lowest BCUT2D eigenvalue weighted by atomic mass is 10.0. The predicted octanol–water partition coefficient (Wildman–Crippen LogP) is 3.36. The molecule has 2 aromatic rings. The standard InChI is InChI=1S/C20H23FN2O4/c1-2-26-20(25)17-5-3-4-12-23(17)18(24)11-8-15-13-22-27-19(15)14-6-9-16(21)10-7-14/h6-7,9-10,13,17H,2-5,8,11-12H2,1H3. The first-order valence-corrected chi connectivity index (χ1v) is 9.25. The van der Waals surface area contributed by atoms with E-state index < -0.39 is 6.04 Å². The molecule has 2 heterocycles. The maximum Gasteiger partial charge on any atom is 0.328 e. The summed E-state index contributed by atoms with van der Waals surface area (Å²) in [7, 11) is 0. The Morgan fingerprint density at radius 3 is 2.81 bits per heavy atom. The fraction of sp³-hybridized carbons (Fsp3) is 0.450. The number of benzene rings is 1. The topological polar surface area (TPSA) is 72.6 Å². The number of likely N-dealkylation sites (tertiary alicyclic amines) is 1. The van der Waals surface area contributed by atoms with Crippen LogP contribution in [0.3, 0.4) is 0 Å². The smallest absolute Gasteiger partial charge is 0.328 e. The highest BCUT2D eigenvalue weighted by molar-refractivity contribution is 5.85. The second-order valence-electron chi connectivity index (χ2n) is 6.54. The van der Waals surface area contributed by atoms with E-state index in [0.29, 0.717) is 37.3 Å². The summed E-state index contributed by atoms with van der Waals surface area (Å²) in [6, 6.07) is 5.44. The molecule has 1 unspecified atom stereocenters. The van der Waals surface area contributed by atoms with Crippen LogP contribution >= 0.6 is 0 Å². The number of aryl methyl sites for hydroxylation is 1. The van der Waals surface area contributed by atoms with Crippen molar-refractivity contribution < 1.29 is 23.2 Å². The second-order valence-corrected chi connectivity index (χ2v) is 6.54. The Morgan fingerprint density at radius 1 is 1.30 bits per heavy atom. The molecule has 0 spiro atoms. The Hall–Kier alpha value is -2.70. The van der Waals surface area contributed by atoms with Crippen LogP contribution in [-0.2, 0) is 20.7 Å². The number of piperidine rings is 1. The maximum absolute atomic E-state index is 13.1. The fourth-order valence-corrected chi connectivity index (χ4v) is 3.38. The number of hydrogen-bond acceptors (Lipinski definition) is 5. The van der Waals surface area contributed by atoms with Gasteiger partial charge in [-0.25, -0.2) is 9.18 Å². The molecule has 1 amide bonds. The molecule has 7 heteroatoms. The maximum atomic E-state index is 13.1. The number of amides is 1. The molecule has 144 valence electrons. The van der Waals surface area contributed by atoms with Gasteiger partial charge in [0, 0.05) is 24.1 Å². The zero-order valence-electron chi connectivity index (χ0n) is 15.3. The number of ether oxygens (including phenoxy) is 1. The van der Waals surface area contributed by atoms with E-state index in [1.165, 1.54) is 12.1 Å². The summed E-state index contributed by atoms with van der Waals surface area (Å²) in [5, 5.41) is 3.81. The first-order chi connectivity index (χ1) is 13.1. The van der Waals surface area contributed by atoms with Gasteiger partial charge in [-0.2, -0.15) is 0 Å². The lowest BCUT2D eigenvalue weighted by Gasteiger charge is -2.34. The first kappa shape index (κ1) is 19.1. The van der Waals surface area contributed by atoms with Crippen molar-refractivity contribution in [3.63, 3.8) is 0 Å². The van der Waals surface area contributed by atoms with E-state index >= 15 is 0 Å². The highest BCUT2D eigenvalue weighted by Crippen LogP contribution is 2.26. The third kappa shape index (κ3) is 4.53. The van der Waals surface area contributed by atoms with Crippen molar-refractivity contribution in [2.45, 2.75) is 45.1 Å². The van der Waals surface area contributed by atoms with Crippen molar-refractivity contribution >= 4 is 11.9 Å². The molecule has 0 radical (unpaired) electrons. The summed E-state index contributed by atoms with van der Waals surface area (Å²) in [4.78, 5) is 26.5. The number of aromatic nitrogens is 1. The van der Waals surface area contributed by atoms with E-state index in [1.807, 2.05) is 0 Å². The molecule has 3 rings (SSSR count). The van der Waals surface area contributed by atoms with Gasteiger partial charge in [-0.1, -0.05) is 5.16 Å². The predicted molar refractivity (Wildman–Crippen MR) is 96.2 cm³/mol. The van der Waals surface area contributed by atoms with Crippen LogP contribution in [-0.4, -0.2) is 41.1 Å². The second kappa shape index (κ2) is 8.79. The summed E-state index contributed by atoms with van der Waals surface area (Å²) in [6.07, 6.45) is 4.68. The van der Waals surface area contributed by atoms with Gasteiger partial charge in [-0.3, -0.25) is 4.79 Å². The molecule has 1 aromatic heterocycles. The number of nitrogens with zero attached hydrogens (tertiary/aromatic N) is 2. The van der Waals surface area contributed by atoms with Crippen LogP contribution in [0.2, 0.25) is 0 Å². The molecule has 0 N–H and O–H groups in total. The van der Waals surface area contributed by atoms with Crippen molar-refractivity contribution in [3.05, 3.63) is 41.8 Å². The Labute approximate surface area is 157 Å². The summed E-state index contributed by atoms with van der Waals surface area (Å²) < 4.78 is 23.5. The number of rotatable bonds is 6. The molecular formula is C20H23FN2O4. The normalized spacial score (nSPS) is 17.0. The van der Waals surface area contributed by atoms with Crippen molar-refractivity contribution in [1.82, 2.24) is 10.1 Å². The average Bonchev–Trinajstić information content (AvgIpc) is 3.15. The summed E-state index contributed by atoms with van der Waals surface area (Å²) >= 11 is 0. The number of carbonyl (C=O) groups is 2. The van der Waals surface area contributed by atoms with E-state index in [4.69, 9.17) is 9.26 Å². The molecule has 0 saturated carbocycles. The van der Waals surface area contributed by atoms with Crippen molar-refractivity contribution in [2.24, 2.45) is 0 Å². The molecule has 1 fully saturated rings. The summed E-state index contributed by atoms with van der Waals surface area (Å²) in [6.45, 7) is 2.63. The molecule has 1 aliphatic heterocycles. The molecule has 1 saturated heterocycles. The van der Waals surface area contributed by atoms with Gasteiger partial charge in [0.1, 0.15) is 11.9 Å². The van der Waals surface area contributed by atoms with Crippen LogP contribution in [0, 0.1) is 5.82 Å². The number of hydrogen-bond donors (Lipinski definition) is 0. The Morgan fingerprint density at radius 2 is 2.07 bits per heavy atom. The zero-order chi connectivity index (χ0) is 19.2. The van der Waals surface area contributed by atoms with E-state index in [2.05, 4.69) is 5.16 Å². The fourth-order valence-electron chi connectivity index (χ4n) is 3.38. The van der Waals surface area contributed by atoms with Gasteiger partial charge in [0.15, 0.2) is 5.76 Å². The first-order valence-electron chi connectivity index (χ1n) is 9.25. The van der Waals surface area contributed by atoms with E-state index in [1.54, 1.807) is 30.2 Å². The van der Waals surface area contributed by atoms with Gasteiger partial charge in [-0.15, -0.1) is 0 Å². The number of carbonyl (C=O) groups excluding carboxylic acids is 2. The third-order valence-corrected chi connectivity index (χ3v) is 4.74.